The van der Waals surface area contributed by atoms with Crippen LogP contribution in [0.15, 0.2) is 24.3 Å². The highest BCUT2D eigenvalue weighted by molar-refractivity contribution is 5.76. The number of hydrogen-bond acceptors (Lipinski definition) is 4. The van der Waals surface area contributed by atoms with Crippen LogP contribution < -0.4 is 4.90 Å². The van der Waals surface area contributed by atoms with Crippen molar-refractivity contribution in [2.45, 2.75) is 57.8 Å². The van der Waals surface area contributed by atoms with Crippen LogP contribution in [0.3, 0.4) is 0 Å². The van der Waals surface area contributed by atoms with Crippen molar-refractivity contribution < 1.29 is 9.18 Å². The molecule has 2 aliphatic heterocycles. The minimum absolute atomic E-state index is 0.202. The Balaban J connectivity index is 1.37. The Morgan fingerprint density at radius 3 is 2.77 bits per heavy atom. The van der Waals surface area contributed by atoms with Crippen molar-refractivity contribution >= 4 is 11.7 Å². The first-order valence-electron chi connectivity index (χ1n) is 11.1. The standard InChI is InChI=1S/C24H31FN4O/c1-17-21-8-5-14-28(2)24(21)27-23(26-17)19-7-4-15-29(16-19)22(30)9-3-6-18-10-12-20(25)13-11-18/h10-13,19H,3-9,14-16H2,1-2H3/t19-/m1/s1. The summed E-state index contributed by atoms with van der Waals surface area (Å²) < 4.78 is 13.0. The third-order valence-corrected chi connectivity index (χ3v) is 6.40. The summed E-state index contributed by atoms with van der Waals surface area (Å²) in [6.07, 6.45) is 6.32. The first-order valence-corrected chi connectivity index (χ1v) is 11.1. The molecule has 0 bridgehead atoms. The third-order valence-electron chi connectivity index (χ3n) is 6.40. The number of benzene rings is 1. The molecule has 4 rings (SSSR count). The highest BCUT2D eigenvalue weighted by Gasteiger charge is 2.28. The molecule has 1 saturated heterocycles. The maximum atomic E-state index is 13.0. The van der Waals surface area contributed by atoms with Gasteiger partial charge in [0.15, 0.2) is 0 Å². The van der Waals surface area contributed by atoms with Gasteiger partial charge in [-0.05, 0) is 63.1 Å². The number of likely N-dealkylation sites (tertiary alicyclic amines) is 1. The molecule has 1 amide bonds. The lowest BCUT2D eigenvalue weighted by Crippen LogP contribution is -2.39. The zero-order valence-electron chi connectivity index (χ0n) is 18.0. The van der Waals surface area contributed by atoms with Gasteiger partial charge in [-0.2, -0.15) is 0 Å². The summed E-state index contributed by atoms with van der Waals surface area (Å²) in [5.41, 5.74) is 3.43. The van der Waals surface area contributed by atoms with Crippen LogP contribution in [0.1, 0.15) is 60.7 Å². The molecule has 1 aromatic carbocycles. The summed E-state index contributed by atoms with van der Waals surface area (Å²) in [5, 5.41) is 0. The summed E-state index contributed by atoms with van der Waals surface area (Å²) in [7, 11) is 2.10. The first kappa shape index (κ1) is 20.8. The summed E-state index contributed by atoms with van der Waals surface area (Å²) >= 11 is 0. The first-order chi connectivity index (χ1) is 14.5. The number of fused-ring (bicyclic) bond motifs is 1. The second kappa shape index (κ2) is 9.11. The number of piperidine rings is 1. The van der Waals surface area contributed by atoms with Crippen LogP contribution in [0.4, 0.5) is 10.2 Å². The van der Waals surface area contributed by atoms with E-state index in [4.69, 9.17) is 9.97 Å². The molecular weight excluding hydrogens is 379 g/mol. The predicted molar refractivity (Wildman–Crippen MR) is 116 cm³/mol. The Kier molecular flexibility index (Phi) is 6.30. The molecule has 2 aromatic rings. The number of aryl methyl sites for hydroxylation is 2. The fourth-order valence-corrected chi connectivity index (χ4v) is 4.66. The third kappa shape index (κ3) is 4.63. The number of amides is 1. The Morgan fingerprint density at radius 1 is 1.17 bits per heavy atom. The molecule has 0 saturated carbocycles. The van der Waals surface area contributed by atoms with Gasteiger partial charge in [0.1, 0.15) is 17.5 Å². The van der Waals surface area contributed by atoms with E-state index in [2.05, 4.69) is 18.9 Å². The molecule has 5 nitrogen and oxygen atoms in total. The number of carbonyl (C=O) groups excluding carboxylic acids is 1. The van der Waals surface area contributed by atoms with E-state index < -0.39 is 0 Å². The quantitative estimate of drug-likeness (QED) is 0.747. The van der Waals surface area contributed by atoms with E-state index >= 15 is 0 Å². The van der Waals surface area contributed by atoms with Gasteiger partial charge >= 0.3 is 0 Å². The van der Waals surface area contributed by atoms with Crippen LogP contribution in [-0.2, 0) is 17.6 Å². The highest BCUT2D eigenvalue weighted by atomic mass is 19.1. The monoisotopic (exact) mass is 410 g/mol. The maximum absolute atomic E-state index is 13.0. The lowest BCUT2D eigenvalue weighted by Gasteiger charge is -2.33. The van der Waals surface area contributed by atoms with Crippen molar-refractivity contribution in [3.63, 3.8) is 0 Å². The summed E-state index contributed by atoms with van der Waals surface area (Å²) in [5.74, 6) is 2.16. The average Bonchev–Trinajstić information content (AvgIpc) is 2.76. The molecule has 1 atom stereocenters. The molecule has 0 spiro atoms. The number of anilines is 1. The molecule has 2 aliphatic rings. The van der Waals surface area contributed by atoms with Gasteiger partial charge in [-0.3, -0.25) is 4.79 Å². The van der Waals surface area contributed by atoms with Crippen molar-refractivity contribution in [2.24, 2.45) is 0 Å². The zero-order chi connectivity index (χ0) is 21.1. The Labute approximate surface area is 178 Å². The second-order valence-electron chi connectivity index (χ2n) is 8.65. The van der Waals surface area contributed by atoms with Crippen LogP contribution in [0, 0.1) is 12.7 Å². The van der Waals surface area contributed by atoms with Gasteiger partial charge in [-0.25, -0.2) is 14.4 Å². The smallest absolute Gasteiger partial charge is 0.222 e. The lowest BCUT2D eigenvalue weighted by molar-refractivity contribution is -0.132. The molecule has 30 heavy (non-hydrogen) atoms. The molecule has 0 radical (unpaired) electrons. The van der Waals surface area contributed by atoms with Gasteiger partial charge in [0, 0.05) is 50.3 Å². The number of carbonyl (C=O) groups is 1. The van der Waals surface area contributed by atoms with Gasteiger partial charge in [0.25, 0.3) is 0 Å². The molecule has 0 N–H and O–H groups in total. The largest absolute Gasteiger partial charge is 0.359 e. The van der Waals surface area contributed by atoms with E-state index in [9.17, 15) is 9.18 Å². The van der Waals surface area contributed by atoms with Crippen molar-refractivity contribution in [3.8, 4) is 0 Å². The Morgan fingerprint density at radius 2 is 1.97 bits per heavy atom. The van der Waals surface area contributed by atoms with Crippen molar-refractivity contribution in [3.05, 3.63) is 52.7 Å². The van der Waals surface area contributed by atoms with Crippen LogP contribution >= 0.6 is 0 Å². The minimum atomic E-state index is -0.222. The van der Waals surface area contributed by atoms with Gasteiger partial charge in [0.2, 0.25) is 5.91 Å². The summed E-state index contributed by atoms with van der Waals surface area (Å²) in [4.78, 5) is 26.8. The fourth-order valence-electron chi connectivity index (χ4n) is 4.66. The van der Waals surface area contributed by atoms with Crippen molar-refractivity contribution in [1.29, 1.82) is 0 Å². The summed E-state index contributed by atoms with van der Waals surface area (Å²) in [6.45, 7) is 4.64. The van der Waals surface area contributed by atoms with E-state index in [1.807, 2.05) is 4.90 Å². The molecule has 3 heterocycles. The van der Waals surface area contributed by atoms with Gasteiger partial charge in [-0.15, -0.1) is 0 Å². The molecule has 0 aliphatic carbocycles. The van der Waals surface area contributed by atoms with Crippen molar-refractivity contribution in [1.82, 2.24) is 14.9 Å². The molecule has 0 unspecified atom stereocenters. The molecule has 1 aromatic heterocycles. The molecule has 160 valence electrons. The lowest BCUT2D eigenvalue weighted by atomic mass is 9.95. The number of nitrogens with zero attached hydrogens (tertiary/aromatic N) is 4. The number of hydrogen-bond donors (Lipinski definition) is 0. The van der Waals surface area contributed by atoms with Crippen LogP contribution in [-0.4, -0.2) is 47.5 Å². The van der Waals surface area contributed by atoms with E-state index in [1.165, 1.54) is 17.7 Å². The van der Waals surface area contributed by atoms with Gasteiger partial charge in [0.05, 0.1) is 0 Å². The van der Waals surface area contributed by atoms with Crippen LogP contribution in [0.25, 0.3) is 0 Å². The SMILES string of the molecule is Cc1nc([C@@H]2CCCN(C(=O)CCCc3ccc(F)cc3)C2)nc2c1CCCN2C. The van der Waals surface area contributed by atoms with Crippen LogP contribution in [0.2, 0.25) is 0 Å². The van der Waals surface area contributed by atoms with E-state index in [0.29, 0.717) is 13.0 Å². The average molecular weight is 411 g/mol. The number of aromatic nitrogens is 2. The molecule has 1 fully saturated rings. The normalized spacial score (nSPS) is 19.0. The fraction of sp³-hybridized carbons (Fsp3) is 0.542. The molecular formula is C24H31FN4O. The van der Waals surface area contributed by atoms with Crippen molar-refractivity contribution in [2.75, 3.05) is 31.6 Å². The zero-order valence-corrected chi connectivity index (χ0v) is 18.0. The summed E-state index contributed by atoms with van der Waals surface area (Å²) in [6, 6.07) is 6.54. The maximum Gasteiger partial charge on any atom is 0.222 e. The van der Waals surface area contributed by atoms with Crippen LogP contribution in [0.5, 0.6) is 0 Å². The van der Waals surface area contributed by atoms with E-state index in [1.54, 1.807) is 12.1 Å². The topological polar surface area (TPSA) is 49.3 Å². The Bertz CT molecular complexity index is 899. The van der Waals surface area contributed by atoms with Gasteiger partial charge < -0.3 is 9.80 Å². The second-order valence-corrected chi connectivity index (χ2v) is 8.65. The molecule has 6 heteroatoms. The van der Waals surface area contributed by atoms with E-state index in [0.717, 1.165) is 74.5 Å². The van der Waals surface area contributed by atoms with E-state index in [-0.39, 0.29) is 17.6 Å². The Hall–Kier alpha value is -2.50. The number of rotatable bonds is 5. The highest BCUT2D eigenvalue weighted by Crippen LogP contribution is 2.31. The van der Waals surface area contributed by atoms with Gasteiger partial charge in [-0.1, -0.05) is 12.1 Å². The minimum Gasteiger partial charge on any atom is -0.359 e. The predicted octanol–water partition coefficient (Wildman–Crippen LogP) is 4.04. The number of halogens is 1.